The number of rotatable bonds is 5. The Kier molecular flexibility index (Phi) is 6.93. The van der Waals surface area contributed by atoms with Gasteiger partial charge in [-0.3, -0.25) is 19.5 Å². The standard InChI is InChI=1S/C23H32N4O2S/c1-15-12-19(26-22(29)23(3,4)5)30-20(15)21(28)25-18-9-11-27(13-16(18)2)14-17-8-6-7-10-24-17/h6-8,10,12,16,18H,9,11,13-14H2,1-5H3,(H,25,28)(H,26,29). The average molecular weight is 429 g/mol. The molecule has 0 bridgehead atoms. The van der Waals surface area contributed by atoms with Crippen molar-refractivity contribution in [3.05, 3.63) is 46.6 Å². The summed E-state index contributed by atoms with van der Waals surface area (Å²) in [6.07, 6.45) is 2.74. The van der Waals surface area contributed by atoms with E-state index in [2.05, 4.69) is 27.4 Å². The summed E-state index contributed by atoms with van der Waals surface area (Å²) in [6, 6.07) is 8.02. The number of aryl methyl sites for hydroxylation is 1. The van der Waals surface area contributed by atoms with Crippen LogP contribution in [0.4, 0.5) is 5.00 Å². The third-order valence-electron chi connectivity index (χ3n) is 5.46. The fourth-order valence-electron chi connectivity index (χ4n) is 3.61. The van der Waals surface area contributed by atoms with Crippen LogP contribution in [0.15, 0.2) is 30.5 Å². The van der Waals surface area contributed by atoms with E-state index in [0.717, 1.165) is 42.3 Å². The summed E-state index contributed by atoms with van der Waals surface area (Å²) >= 11 is 1.34. The van der Waals surface area contributed by atoms with Crippen molar-refractivity contribution in [2.45, 2.75) is 53.6 Å². The van der Waals surface area contributed by atoms with Gasteiger partial charge in [0.2, 0.25) is 5.91 Å². The van der Waals surface area contributed by atoms with E-state index in [0.29, 0.717) is 10.8 Å². The Morgan fingerprint density at radius 1 is 1.30 bits per heavy atom. The first-order chi connectivity index (χ1) is 14.1. The Labute approximate surface area is 183 Å². The van der Waals surface area contributed by atoms with Gasteiger partial charge in [0.05, 0.1) is 15.6 Å². The number of piperidine rings is 1. The van der Waals surface area contributed by atoms with Crippen LogP contribution >= 0.6 is 11.3 Å². The van der Waals surface area contributed by atoms with Crippen molar-refractivity contribution >= 4 is 28.2 Å². The Morgan fingerprint density at radius 2 is 2.07 bits per heavy atom. The maximum Gasteiger partial charge on any atom is 0.261 e. The summed E-state index contributed by atoms with van der Waals surface area (Å²) in [5, 5.41) is 6.87. The van der Waals surface area contributed by atoms with Gasteiger partial charge >= 0.3 is 0 Å². The van der Waals surface area contributed by atoms with Crippen molar-refractivity contribution in [3.63, 3.8) is 0 Å². The molecule has 3 heterocycles. The number of amides is 2. The molecule has 2 aromatic rings. The summed E-state index contributed by atoms with van der Waals surface area (Å²) in [5.74, 6) is 0.250. The van der Waals surface area contributed by atoms with Crippen molar-refractivity contribution in [3.8, 4) is 0 Å². The molecule has 0 spiro atoms. The molecule has 2 N–H and O–H groups in total. The lowest BCUT2D eigenvalue weighted by molar-refractivity contribution is -0.123. The predicted molar refractivity (Wildman–Crippen MR) is 122 cm³/mol. The zero-order chi connectivity index (χ0) is 21.9. The van der Waals surface area contributed by atoms with E-state index in [1.807, 2.05) is 58.2 Å². The van der Waals surface area contributed by atoms with Gasteiger partial charge in [-0.05, 0) is 43.0 Å². The number of nitrogens with one attached hydrogen (secondary N) is 2. The topological polar surface area (TPSA) is 74.3 Å². The molecular weight excluding hydrogens is 396 g/mol. The molecule has 1 aliphatic rings. The Morgan fingerprint density at radius 3 is 2.70 bits per heavy atom. The van der Waals surface area contributed by atoms with E-state index in [-0.39, 0.29) is 17.9 Å². The molecule has 1 saturated heterocycles. The van der Waals surface area contributed by atoms with Crippen LogP contribution in [0.1, 0.15) is 55.0 Å². The van der Waals surface area contributed by atoms with Crippen LogP contribution < -0.4 is 10.6 Å². The minimum Gasteiger partial charge on any atom is -0.348 e. The van der Waals surface area contributed by atoms with Crippen molar-refractivity contribution in [2.24, 2.45) is 11.3 Å². The highest BCUT2D eigenvalue weighted by Crippen LogP contribution is 2.29. The first-order valence-electron chi connectivity index (χ1n) is 10.5. The zero-order valence-electron chi connectivity index (χ0n) is 18.5. The molecule has 6 nitrogen and oxygen atoms in total. The number of hydrogen-bond acceptors (Lipinski definition) is 5. The molecule has 3 rings (SSSR count). The fraction of sp³-hybridized carbons (Fsp3) is 0.522. The largest absolute Gasteiger partial charge is 0.348 e. The molecule has 1 fully saturated rings. The lowest BCUT2D eigenvalue weighted by atomic mass is 9.93. The Balaban J connectivity index is 1.57. The first-order valence-corrected chi connectivity index (χ1v) is 11.3. The lowest BCUT2D eigenvalue weighted by Gasteiger charge is -2.37. The SMILES string of the molecule is Cc1cc(NC(=O)C(C)(C)C)sc1C(=O)NC1CCN(Cc2ccccn2)CC1C. The first kappa shape index (κ1) is 22.4. The van der Waals surface area contributed by atoms with Gasteiger partial charge < -0.3 is 10.6 Å². The van der Waals surface area contributed by atoms with Crippen LogP contribution in [0.3, 0.4) is 0 Å². The van der Waals surface area contributed by atoms with Gasteiger partial charge in [-0.2, -0.15) is 0 Å². The number of aromatic nitrogens is 1. The minimum absolute atomic E-state index is 0.0513. The molecule has 2 amide bonds. The molecule has 162 valence electrons. The normalized spacial score (nSPS) is 20.0. The van der Waals surface area contributed by atoms with Crippen LogP contribution in [0.25, 0.3) is 0 Å². The van der Waals surface area contributed by atoms with Crippen molar-refractivity contribution < 1.29 is 9.59 Å². The smallest absolute Gasteiger partial charge is 0.261 e. The molecule has 2 unspecified atom stereocenters. The fourth-order valence-corrected chi connectivity index (χ4v) is 4.58. The predicted octanol–water partition coefficient (Wildman–Crippen LogP) is 4.08. The van der Waals surface area contributed by atoms with Crippen molar-refractivity contribution in [1.29, 1.82) is 0 Å². The zero-order valence-corrected chi connectivity index (χ0v) is 19.3. The molecule has 1 aliphatic heterocycles. The van der Waals surface area contributed by atoms with Gasteiger partial charge in [0.1, 0.15) is 0 Å². The van der Waals surface area contributed by atoms with Gasteiger partial charge in [0.25, 0.3) is 5.91 Å². The van der Waals surface area contributed by atoms with Crippen molar-refractivity contribution in [1.82, 2.24) is 15.2 Å². The number of likely N-dealkylation sites (tertiary alicyclic amines) is 1. The van der Waals surface area contributed by atoms with Gasteiger partial charge in [-0.25, -0.2) is 0 Å². The molecule has 0 radical (unpaired) electrons. The molecule has 7 heteroatoms. The van der Waals surface area contributed by atoms with Crippen LogP contribution in [-0.2, 0) is 11.3 Å². The highest BCUT2D eigenvalue weighted by Gasteiger charge is 2.29. The maximum atomic E-state index is 12.9. The van der Waals surface area contributed by atoms with E-state index >= 15 is 0 Å². The summed E-state index contributed by atoms with van der Waals surface area (Å²) in [7, 11) is 0. The van der Waals surface area contributed by atoms with E-state index < -0.39 is 5.41 Å². The quantitative estimate of drug-likeness (QED) is 0.753. The second kappa shape index (κ2) is 9.27. The number of hydrogen-bond donors (Lipinski definition) is 2. The Hall–Kier alpha value is -2.25. The minimum atomic E-state index is -0.473. The number of carbonyl (C=O) groups excluding carboxylic acids is 2. The molecule has 0 aromatic carbocycles. The van der Waals surface area contributed by atoms with Gasteiger partial charge in [-0.1, -0.05) is 33.8 Å². The molecule has 0 saturated carbocycles. The summed E-state index contributed by atoms with van der Waals surface area (Å²) < 4.78 is 0. The third kappa shape index (κ3) is 5.67. The second-order valence-corrected chi connectivity index (χ2v) is 10.3. The molecule has 2 atom stereocenters. The van der Waals surface area contributed by atoms with Gasteiger partial charge in [-0.15, -0.1) is 11.3 Å². The summed E-state index contributed by atoms with van der Waals surface area (Å²) in [6.45, 7) is 12.4. The number of pyridine rings is 1. The molecule has 2 aromatic heterocycles. The van der Waals surface area contributed by atoms with Crippen LogP contribution in [0.5, 0.6) is 0 Å². The summed E-state index contributed by atoms with van der Waals surface area (Å²) in [4.78, 5) is 32.6. The number of anilines is 1. The highest BCUT2D eigenvalue weighted by atomic mass is 32.1. The average Bonchev–Trinajstić information content (AvgIpc) is 3.04. The monoisotopic (exact) mass is 428 g/mol. The number of nitrogens with zero attached hydrogens (tertiary/aromatic N) is 2. The van der Waals surface area contributed by atoms with Crippen LogP contribution in [-0.4, -0.2) is 40.8 Å². The van der Waals surface area contributed by atoms with E-state index in [1.165, 1.54) is 11.3 Å². The number of carbonyl (C=O) groups is 2. The van der Waals surface area contributed by atoms with Crippen molar-refractivity contribution in [2.75, 3.05) is 18.4 Å². The highest BCUT2D eigenvalue weighted by molar-refractivity contribution is 7.18. The van der Waals surface area contributed by atoms with Gasteiger partial charge in [0, 0.05) is 37.3 Å². The third-order valence-corrected chi connectivity index (χ3v) is 6.61. The number of thiophene rings is 1. The maximum absolute atomic E-state index is 12.9. The second-order valence-electron chi connectivity index (χ2n) is 9.23. The van der Waals surface area contributed by atoms with Crippen LogP contribution in [0, 0.1) is 18.3 Å². The molecule has 0 aliphatic carbocycles. The van der Waals surface area contributed by atoms with E-state index in [1.54, 1.807) is 0 Å². The molecule has 30 heavy (non-hydrogen) atoms. The van der Waals surface area contributed by atoms with E-state index in [4.69, 9.17) is 0 Å². The van der Waals surface area contributed by atoms with Gasteiger partial charge in [0.15, 0.2) is 0 Å². The van der Waals surface area contributed by atoms with E-state index in [9.17, 15) is 9.59 Å². The summed E-state index contributed by atoms with van der Waals surface area (Å²) in [5.41, 5.74) is 1.49. The van der Waals surface area contributed by atoms with Crippen LogP contribution in [0.2, 0.25) is 0 Å². The molecular formula is C23H32N4O2S. The lowest BCUT2D eigenvalue weighted by Crippen LogP contribution is -2.49. The Bertz CT molecular complexity index is 888.